The molecule has 0 spiro atoms. The number of piperidine rings is 1. The molecular formula is C12H22N4. The number of nitrogens with zero attached hydrogens (tertiary/aromatic N) is 3. The molecule has 2 unspecified atom stereocenters. The summed E-state index contributed by atoms with van der Waals surface area (Å²) in [7, 11) is 2.02. The van der Waals surface area contributed by atoms with Crippen LogP contribution in [0.5, 0.6) is 0 Å². The minimum atomic E-state index is 0.388. The lowest BCUT2D eigenvalue weighted by Gasteiger charge is -2.36. The summed E-state index contributed by atoms with van der Waals surface area (Å²) in [5, 5.41) is 4.38. The lowest BCUT2D eigenvalue weighted by molar-refractivity contribution is 0.136. The Hall–Kier alpha value is -0.870. The van der Waals surface area contributed by atoms with Crippen LogP contribution >= 0.6 is 0 Å². The van der Waals surface area contributed by atoms with Crippen molar-refractivity contribution in [1.82, 2.24) is 14.7 Å². The van der Waals surface area contributed by atoms with Gasteiger partial charge in [-0.15, -0.1) is 0 Å². The van der Waals surface area contributed by atoms with Crippen molar-refractivity contribution >= 4 is 0 Å². The maximum Gasteiger partial charge on any atom is 0.0597 e. The molecule has 0 saturated carbocycles. The predicted octanol–water partition coefficient (Wildman–Crippen LogP) is 1.04. The molecule has 0 amide bonds. The Labute approximate surface area is 97.4 Å². The van der Waals surface area contributed by atoms with Crippen molar-refractivity contribution in [2.75, 3.05) is 6.54 Å². The zero-order chi connectivity index (χ0) is 11.7. The zero-order valence-corrected chi connectivity index (χ0v) is 10.5. The van der Waals surface area contributed by atoms with Crippen LogP contribution in [-0.2, 0) is 13.6 Å². The fourth-order valence-corrected chi connectivity index (χ4v) is 2.51. The summed E-state index contributed by atoms with van der Waals surface area (Å²) < 4.78 is 1.98. The van der Waals surface area contributed by atoms with E-state index >= 15 is 0 Å². The third-order valence-corrected chi connectivity index (χ3v) is 3.52. The number of aromatic nitrogens is 2. The van der Waals surface area contributed by atoms with Gasteiger partial charge >= 0.3 is 0 Å². The monoisotopic (exact) mass is 222 g/mol. The Bertz CT molecular complexity index is 358. The molecule has 2 atom stereocenters. The number of aryl methyl sites for hydroxylation is 2. The lowest BCUT2D eigenvalue weighted by atomic mass is 9.99. The van der Waals surface area contributed by atoms with Crippen LogP contribution in [0.1, 0.15) is 31.2 Å². The average molecular weight is 222 g/mol. The lowest BCUT2D eigenvalue weighted by Crippen LogP contribution is -2.45. The normalized spacial score (nSPS) is 27.2. The molecule has 2 N–H and O–H groups in total. The SMILES string of the molecule is Cc1cc(CN2CCC(N)CC2C)n(C)n1. The summed E-state index contributed by atoms with van der Waals surface area (Å²) in [6, 6.07) is 3.14. The summed E-state index contributed by atoms with van der Waals surface area (Å²) in [5.41, 5.74) is 8.36. The average Bonchev–Trinajstić information content (AvgIpc) is 2.50. The van der Waals surface area contributed by atoms with Crippen molar-refractivity contribution in [3.63, 3.8) is 0 Å². The first-order valence-electron chi connectivity index (χ1n) is 6.05. The topological polar surface area (TPSA) is 47.1 Å². The van der Waals surface area contributed by atoms with Gasteiger partial charge in [0.25, 0.3) is 0 Å². The predicted molar refractivity (Wildman–Crippen MR) is 65.0 cm³/mol. The highest BCUT2D eigenvalue weighted by atomic mass is 15.3. The molecular weight excluding hydrogens is 200 g/mol. The van der Waals surface area contributed by atoms with Crippen LogP contribution < -0.4 is 5.73 Å². The fourth-order valence-electron chi connectivity index (χ4n) is 2.51. The van der Waals surface area contributed by atoms with Crippen molar-refractivity contribution in [3.05, 3.63) is 17.5 Å². The number of nitrogens with two attached hydrogens (primary N) is 1. The van der Waals surface area contributed by atoms with E-state index in [-0.39, 0.29) is 0 Å². The molecule has 1 fully saturated rings. The summed E-state index contributed by atoms with van der Waals surface area (Å²) in [6.45, 7) is 6.40. The van der Waals surface area contributed by atoms with Gasteiger partial charge in [0.15, 0.2) is 0 Å². The maximum atomic E-state index is 5.97. The second kappa shape index (κ2) is 4.55. The van der Waals surface area contributed by atoms with Crippen molar-refractivity contribution in [1.29, 1.82) is 0 Å². The quantitative estimate of drug-likeness (QED) is 0.813. The number of hydrogen-bond acceptors (Lipinski definition) is 3. The largest absolute Gasteiger partial charge is 0.328 e. The summed E-state index contributed by atoms with van der Waals surface area (Å²) >= 11 is 0. The summed E-state index contributed by atoms with van der Waals surface area (Å²) in [5.74, 6) is 0. The molecule has 1 aliphatic rings. The van der Waals surface area contributed by atoms with Crippen LogP contribution in [0.15, 0.2) is 6.07 Å². The van der Waals surface area contributed by atoms with Gasteiger partial charge in [0.1, 0.15) is 0 Å². The van der Waals surface area contributed by atoms with E-state index < -0.39 is 0 Å². The highest BCUT2D eigenvalue weighted by molar-refractivity contribution is 5.08. The molecule has 2 rings (SSSR count). The van der Waals surface area contributed by atoms with Gasteiger partial charge in [-0.25, -0.2) is 0 Å². The highest BCUT2D eigenvalue weighted by Crippen LogP contribution is 2.18. The third-order valence-electron chi connectivity index (χ3n) is 3.52. The van der Waals surface area contributed by atoms with Gasteiger partial charge in [0.05, 0.1) is 11.4 Å². The van der Waals surface area contributed by atoms with Gasteiger partial charge < -0.3 is 5.73 Å². The van der Waals surface area contributed by atoms with Crippen LogP contribution in [0.25, 0.3) is 0 Å². The number of likely N-dealkylation sites (tertiary alicyclic amines) is 1. The van der Waals surface area contributed by atoms with Crippen LogP contribution in [-0.4, -0.2) is 33.3 Å². The Morgan fingerprint density at radius 3 is 2.88 bits per heavy atom. The van der Waals surface area contributed by atoms with Crippen LogP contribution in [0, 0.1) is 6.92 Å². The van der Waals surface area contributed by atoms with Gasteiger partial charge in [0.2, 0.25) is 0 Å². The van der Waals surface area contributed by atoms with Crippen molar-refractivity contribution in [2.45, 2.75) is 45.3 Å². The van der Waals surface area contributed by atoms with E-state index in [1.54, 1.807) is 0 Å². The Morgan fingerprint density at radius 2 is 2.31 bits per heavy atom. The minimum absolute atomic E-state index is 0.388. The van der Waals surface area contributed by atoms with Gasteiger partial charge in [-0.3, -0.25) is 9.58 Å². The van der Waals surface area contributed by atoms with E-state index in [1.165, 1.54) is 5.69 Å². The fraction of sp³-hybridized carbons (Fsp3) is 0.750. The molecule has 0 aliphatic carbocycles. The van der Waals surface area contributed by atoms with Crippen LogP contribution in [0.4, 0.5) is 0 Å². The molecule has 1 saturated heterocycles. The first-order valence-corrected chi connectivity index (χ1v) is 6.05. The second-order valence-electron chi connectivity index (χ2n) is 5.00. The third kappa shape index (κ3) is 2.44. The molecule has 2 heterocycles. The molecule has 90 valence electrons. The molecule has 1 aliphatic heterocycles. The maximum absolute atomic E-state index is 5.97. The smallest absolute Gasteiger partial charge is 0.0597 e. The van der Waals surface area contributed by atoms with Gasteiger partial charge in [-0.05, 0) is 32.8 Å². The zero-order valence-electron chi connectivity index (χ0n) is 10.5. The van der Waals surface area contributed by atoms with E-state index in [4.69, 9.17) is 5.73 Å². The highest BCUT2D eigenvalue weighted by Gasteiger charge is 2.23. The van der Waals surface area contributed by atoms with Gasteiger partial charge in [-0.2, -0.15) is 5.10 Å². The molecule has 4 nitrogen and oxygen atoms in total. The molecule has 1 aromatic heterocycles. The first-order chi connectivity index (χ1) is 7.56. The van der Waals surface area contributed by atoms with Crippen molar-refractivity contribution in [2.24, 2.45) is 12.8 Å². The Morgan fingerprint density at radius 1 is 1.56 bits per heavy atom. The number of rotatable bonds is 2. The van der Waals surface area contributed by atoms with E-state index in [0.29, 0.717) is 12.1 Å². The van der Waals surface area contributed by atoms with E-state index in [1.807, 2.05) is 18.7 Å². The second-order valence-corrected chi connectivity index (χ2v) is 5.00. The molecule has 1 aromatic rings. The van der Waals surface area contributed by atoms with Gasteiger partial charge in [-0.1, -0.05) is 0 Å². The minimum Gasteiger partial charge on any atom is -0.328 e. The molecule has 4 heteroatoms. The van der Waals surface area contributed by atoms with Crippen LogP contribution in [0.3, 0.4) is 0 Å². The Balaban J connectivity index is 2.02. The molecule has 0 bridgehead atoms. The molecule has 0 aromatic carbocycles. The van der Waals surface area contributed by atoms with E-state index in [2.05, 4.69) is 23.0 Å². The van der Waals surface area contributed by atoms with Gasteiger partial charge in [0, 0.05) is 32.2 Å². The van der Waals surface area contributed by atoms with Crippen molar-refractivity contribution in [3.8, 4) is 0 Å². The molecule has 16 heavy (non-hydrogen) atoms. The van der Waals surface area contributed by atoms with Crippen molar-refractivity contribution < 1.29 is 0 Å². The van der Waals surface area contributed by atoms with E-state index in [0.717, 1.165) is 31.6 Å². The standard InChI is InChI=1S/C12H22N4/c1-9-6-12(15(3)14-9)8-16-5-4-11(13)7-10(16)2/h6,10-11H,4-5,7-8,13H2,1-3H3. The summed E-state index contributed by atoms with van der Waals surface area (Å²) in [4.78, 5) is 2.50. The van der Waals surface area contributed by atoms with E-state index in [9.17, 15) is 0 Å². The first kappa shape index (κ1) is 11.6. The summed E-state index contributed by atoms with van der Waals surface area (Å²) in [6.07, 6.45) is 2.22. The Kier molecular flexibility index (Phi) is 3.30. The number of hydrogen-bond donors (Lipinski definition) is 1. The molecule has 0 radical (unpaired) electrons. The van der Waals surface area contributed by atoms with Crippen LogP contribution in [0.2, 0.25) is 0 Å².